The molecule has 0 fully saturated rings. The molecule has 0 saturated heterocycles. The molecule has 0 aromatic heterocycles. The summed E-state index contributed by atoms with van der Waals surface area (Å²) in [6, 6.07) is 3.66. The lowest BCUT2D eigenvalue weighted by Gasteiger charge is -2.21. The molecule has 1 unspecified atom stereocenters. The molecule has 0 N–H and O–H groups in total. The second kappa shape index (κ2) is 8.95. The van der Waals surface area contributed by atoms with Gasteiger partial charge in [0, 0.05) is 11.4 Å². The van der Waals surface area contributed by atoms with Crippen molar-refractivity contribution < 1.29 is 19.1 Å². The fourth-order valence-electron chi connectivity index (χ4n) is 3.52. The number of carbonyl (C=O) groups excluding carboxylic acids is 2. The first kappa shape index (κ1) is 23.5. The molecule has 2 heterocycles. The number of rotatable bonds is 5. The largest absolute Gasteiger partial charge is 0.459 e. The third-order valence-electron chi connectivity index (χ3n) is 4.71. The molecule has 4 atom stereocenters. The Morgan fingerprint density at radius 3 is 1.43 bits per heavy atom. The maximum atomic E-state index is 12.3. The Hall–Kier alpha value is -2.74. The topological polar surface area (TPSA) is 125 Å². The van der Waals surface area contributed by atoms with Crippen LogP contribution in [0.15, 0.2) is 9.98 Å². The summed E-state index contributed by atoms with van der Waals surface area (Å²) in [7, 11) is 0. The highest BCUT2D eigenvalue weighted by molar-refractivity contribution is 6.06. The smallest absolute Gasteiger partial charge is 0.329 e. The number of ether oxygens (including phenoxy) is 2. The molecule has 0 spiro atoms. The monoisotopic (exact) mass is 414 g/mol. The summed E-state index contributed by atoms with van der Waals surface area (Å²) in [6.07, 6.45) is 2.39. The van der Waals surface area contributed by atoms with Crippen molar-refractivity contribution in [2.24, 2.45) is 21.8 Å². The molecule has 0 radical (unpaired) electrons. The molecule has 0 aliphatic carbocycles. The van der Waals surface area contributed by atoms with Crippen LogP contribution in [0.4, 0.5) is 0 Å². The van der Waals surface area contributed by atoms with Gasteiger partial charge in [0.1, 0.15) is 11.2 Å². The summed E-state index contributed by atoms with van der Waals surface area (Å²) in [6.45, 7) is 10.5. The van der Waals surface area contributed by atoms with E-state index < -0.39 is 35.0 Å². The van der Waals surface area contributed by atoms with Crippen molar-refractivity contribution in [1.29, 1.82) is 10.5 Å². The molecular weight excluding hydrogens is 384 g/mol. The summed E-state index contributed by atoms with van der Waals surface area (Å²) < 4.78 is 10.7. The molecule has 0 bridgehead atoms. The normalized spacial score (nSPS) is 23.5. The highest BCUT2D eigenvalue weighted by atomic mass is 16.6. The van der Waals surface area contributed by atoms with Gasteiger partial charge in [-0.25, -0.2) is 0 Å². The molecule has 8 heteroatoms. The zero-order valence-corrected chi connectivity index (χ0v) is 18.6. The SMILES string of the molecule is CC(C)(C)OC(=O)C(C#N)C1=N[C@H]([C@@H]2CCC([C@@H](C#N)C(=O)OC(C)(C)C)=N2)CC1. The molecular formula is C22H30N4O4. The zero-order valence-electron chi connectivity index (χ0n) is 18.6. The lowest BCUT2D eigenvalue weighted by molar-refractivity contribution is -0.156. The van der Waals surface area contributed by atoms with Crippen molar-refractivity contribution in [1.82, 2.24) is 0 Å². The number of hydrogen-bond acceptors (Lipinski definition) is 8. The summed E-state index contributed by atoms with van der Waals surface area (Å²) in [5.41, 5.74) is -0.319. The van der Waals surface area contributed by atoms with E-state index in [0.717, 1.165) is 0 Å². The first-order valence-corrected chi connectivity index (χ1v) is 10.2. The Labute approximate surface area is 178 Å². The lowest BCUT2D eigenvalue weighted by Crippen LogP contribution is -2.31. The molecule has 0 amide bonds. The maximum Gasteiger partial charge on any atom is 0.329 e. The van der Waals surface area contributed by atoms with Crippen LogP contribution < -0.4 is 0 Å². The molecule has 2 aliphatic rings. The highest BCUT2D eigenvalue weighted by Gasteiger charge is 2.38. The van der Waals surface area contributed by atoms with Gasteiger partial charge in [-0.2, -0.15) is 10.5 Å². The Morgan fingerprint density at radius 2 is 1.17 bits per heavy atom. The number of nitrogens with zero attached hydrogens (tertiary/aromatic N) is 4. The maximum absolute atomic E-state index is 12.3. The van der Waals surface area contributed by atoms with E-state index in [0.29, 0.717) is 37.1 Å². The van der Waals surface area contributed by atoms with Crippen LogP contribution in [0.25, 0.3) is 0 Å². The van der Waals surface area contributed by atoms with Gasteiger partial charge in [0.25, 0.3) is 0 Å². The van der Waals surface area contributed by atoms with E-state index in [1.54, 1.807) is 41.5 Å². The fraction of sp³-hybridized carbons (Fsp3) is 0.727. The van der Waals surface area contributed by atoms with Crippen LogP contribution in [-0.2, 0) is 19.1 Å². The molecule has 162 valence electrons. The predicted molar refractivity (Wildman–Crippen MR) is 111 cm³/mol. The van der Waals surface area contributed by atoms with E-state index in [4.69, 9.17) is 9.47 Å². The van der Waals surface area contributed by atoms with E-state index in [1.165, 1.54) is 0 Å². The average Bonchev–Trinajstić information content (AvgIpc) is 3.22. The predicted octanol–water partition coefficient (Wildman–Crippen LogP) is 3.16. The molecule has 8 nitrogen and oxygen atoms in total. The summed E-state index contributed by atoms with van der Waals surface area (Å²) in [4.78, 5) is 33.9. The van der Waals surface area contributed by atoms with Crippen LogP contribution in [0.5, 0.6) is 0 Å². The third-order valence-corrected chi connectivity index (χ3v) is 4.71. The van der Waals surface area contributed by atoms with E-state index in [-0.39, 0.29) is 12.1 Å². The molecule has 2 aliphatic heterocycles. The summed E-state index contributed by atoms with van der Waals surface area (Å²) in [5.74, 6) is -3.22. The Morgan fingerprint density at radius 1 is 0.833 bits per heavy atom. The molecule has 2 rings (SSSR count). The van der Waals surface area contributed by atoms with Crippen LogP contribution >= 0.6 is 0 Å². The number of esters is 2. The van der Waals surface area contributed by atoms with Gasteiger partial charge >= 0.3 is 11.9 Å². The van der Waals surface area contributed by atoms with E-state index in [1.807, 2.05) is 12.1 Å². The van der Waals surface area contributed by atoms with E-state index in [2.05, 4.69) is 9.98 Å². The second-order valence-corrected chi connectivity index (χ2v) is 9.64. The number of carbonyl (C=O) groups is 2. The first-order valence-electron chi connectivity index (χ1n) is 10.2. The number of nitriles is 2. The van der Waals surface area contributed by atoms with Crippen molar-refractivity contribution in [3.63, 3.8) is 0 Å². The molecule has 30 heavy (non-hydrogen) atoms. The number of hydrogen-bond donors (Lipinski definition) is 0. The Bertz CT molecular complexity index is 763. The highest BCUT2D eigenvalue weighted by Crippen LogP contribution is 2.30. The van der Waals surface area contributed by atoms with Crippen LogP contribution in [-0.4, -0.2) is 46.6 Å². The quantitative estimate of drug-likeness (QED) is 0.636. The van der Waals surface area contributed by atoms with Crippen LogP contribution in [0.1, 0.15) is 67.2 Å². The average molecular weight is 415 g/mol. The van der Waals surface area contributed by atoms with Crippen LogP contribution in [0.2, 0.25) is 0 Å². The summed E-state index contributed by atoms with van der Waals surface area (Å²) >= 11 is 0. The Balaban J connectivity index is 2.11. The van der Waals surface area contributed by atoms with Gasteiger partial charge in [0.2, 0.25) is 0 Å². The second-order valence-electron chi connectivity index (χ2n) is 9.64. The first-order chi connectivity index (χ1) is 13.8. The van der Waals surface area contributed by atoms with Crippen molar-refractivity contribution in [3.8, 4) is 12.1 Å². The molecule has 0 saturated carbocycles. The van der Waals surface area contributed by atoms with E-state index in [9.17, 15) is 20.1 Å². The Kier molecular flexibility index (Phi) is 7.02. The van der Waals surface area contributed by atoms with Crippen molar-refractivity contribution >= 4 is 23.4 Å². The van der Waals surface area contributed by atoms with Gasteiger partial charge in [-0.05, 0) is 67.2 Å². The van der Waals surface area contributed by atoms with Crippen LogP contribution in [0.3, 0.4) is 0 Å². The van der Waals surface area contributed by atoms with Gasteiger partial charge in [0.05, 0.1) is 24.2 Å². The lowest BCUT2D eigenvalue weighted by atomic mass is 9.99. The van der Waals surface area contributed by atoms with Crippen molar-refractivity contribution in [2.75, 3.05) is 0 Å². The zero-order chi connectivity index (χ0) is 22.7. The standard InChI is InChI=1S/C22H30N4O4/c1-21(2,3)29-19(27)13(11-23)15-7-9-17(25-15)18-10-8-16(26-18)14(12-24)20(28)30-22(4,5)6/h13-14,17-18H,7-10H2,1-6H3/t13-,14?,17+,18+/m1/s1. The fourth-order valence-corrected chi connectivity index (χ4v) is 3.52. The third kappa shape index (κ3) is 6.13. The van der Waals surface area contributed by atoms with Gasteiger partial charge in [0.15, 0.2) is 11.8 Å². The minimum Gasteiger partial charge on any atom is -0.459 e. The van der Waals surface area contributed by atoms with Gasteiger partial charge in [-0.15, -0.1) is 0 Å². The minimum atomic E-state index is -1.02. The molecule has 0 aromatic carbocycles. The van der Waals surface area contributed by atoms with Gasteiger partial charge < -0.3 is 9.47 Å². The van der Waals surface area contributed by atoms with Gasteiger partial charge in [-0.1, -0.05) is 0 Å². The van der Waals surface area contributed by atoms with Crippen molar-refractivity contribution in [2.45, 2.75) is 90.5 Å². The number of aliphatic imine (C=N–C) groups is 2. The van der Waals surface area contributed by atoms with Crippen LogP contribution in [0, 0.1) is 34.5 Å². The van der Waals surface area contributed by atoms with Gasteiger partial charge in [-0.3, -0.25) is 19.6 Å². The van der Waals surface area contributed by atoms with E-state index >= 15 is 0 Å². The minimum absolute atomic E-state index is 0.172. The van der Waals surface area contributed by atoms with Crippen molar-refractivity contribution in [3.05, 3.63) is 0 Å². The summed E-state index contributed by atoms with van der Waals surface area (Å²) in [5, 5.41) is 18.9. The molecule has 0 aromatic rings.